The van der Waals surface area contributed by atoms with Crippen molar-refractivity contribution in [3.05, 3.63) is 63.5 Å². The number of phenols is 3. The molecule has 3 N–H and O–H groups in total. The number of rotatable bonds is 3. The van der Waals surface area contributed by atoms with Crippen LogP contribution >= 0.6 is 0 Å². The summed E-state index contributed by atoms with van der Waals surface area (Å²) in [6.07, 6.45) is 3.36. The first-order valence-corrected chi connectivity index (χ1v) is 8.22. The van der Waals surface area contributed by atoms with Crippen LogP contribution in [-0.4, -0.2) is 15.3 Å². The number of benzene rings is 2. The van der Waals surface area contributed by atoms with Crippen LogP contribution in [0.25, 0.3) is 22.1 Å². The van der Waals surface area contributed by atoms with E-state index in [0.29, 0.717) is 5.56 Å². The van der Waals surface area contributed by atoms with Crippen molar-refractivity contribution in [2.45, 2.75) is 27.2 Å². The first-order valence-electron chi connectivity index (χ1n) is 8.22. The molecule has 0 aliphatic carbocycles. The molecule has 0 fully saturated rings. The number of aryl methyl sites for hydroxylation is 1. The van der Waals surface area contributed by atoms with Crippen molar-refractivity contribution in [1.82, 2.24) is 0 Å². The third-order valence-electron chi connectivity index (χ3n) is 4.28. The largest absolute Gasteiger partial charge is 0.507 e. The summed E-state index contributed by atoms with van der Waals surface area (Å²) in [6, 6.07) is 6.28. The average Bonchev–Trinajstić information content (AvgIpc) is 2.55. The van der Waals surface area contributed by atoms with Crippen LogP contribution in [0, 0.1) is 6.92 Å². The summed E-state index contributed by atoms with van der Waals surface area (Å²) in [5, 5.41) is 30.9. The van der Waals surface area contributed by atoms with E-state index >= 15 is 0 Å². The molecule has 0 aliphatic heterocycles. The maximum atomic E-state index is 13.0. The molecule has 1 aromatic heterocycles. The van der Waals surface area contributed by atoms with Gasteiger partial charge in [-0.2, -0.15) is 0 Å². The normalized spacial score (nSPS) is 10.9. The Kier molecular flexibility index (Phi) is 4.47. The number of allylic oxidation sites excluding steroid dienone is 2. The van der Waals surface area contributed by atoms with E-state index in [-0.39, 0.29) is 45.8 Å². The average molecular weight is 352 g/mol. The van der Waals surface area contributed by atoms with Crippen LogP contribution in [-0.2, 0) is 6.42 Å². The molecule has 0 unspecified atom stereocenters. The standard InChI is InChI=1S/C21H20O5/c1-11(2)4-6-14-17(23)9-18-19(20(14)24)21(25)15(10-26-18)13-7-5-12(3)8-16(13)22/h4-5,7-10,22-24H,6H2,1-3H3. The molecule has 5 nitrogen and oxygen atoms in total. The lowest BCUT2D eigenvalue weighted by Gasteiger charge is -2.10. The highest BCUT2D eigenvalue weighted by molar-refractivity contribution is 5.90. The summed E-state index contributed by atoms with van der Waals surface area (Å²) < 4.78 is 5.46. The molecule has 0 spiro atoms. The van der Waals surface area contributed by atoms with Crippen LogP contribution in [0.15, 0.2) is 51.4 Å². The minimum absolute atomic E-state index is 0.0163. The van der Waals surface area contributed by atoms with Gasteiger partial charge in [-0.15, -0.1) is 0 Å². The van der Waals surface area contributed by atoms with E-state index in [9.17, 15) is 20.1 Å². The minimum Gasteiger partial charge on any atom is -0.507 e. The summed E-state index contributed by atoms with van der Waals surface area (Å²) in [7, 11) is 0. The van der Waals surface area contributed by atoms with Gasteiger partial charge in [-0.05, 0) is 38.8 Å². The lowest BCUT2D eigenvalue weighted by molar-refractivity contribution is 0.442. The van der Waals surface area contributed by atoms with E-state index in [2.05, 4.69) is 0 Å². The molecule has 1 heterocycles. The molecule has 26 heavy (non-hydrogen) atoms. The van der Waals surface area contributed by atoms with Crippen LogP contribution in [0.2, 0.25) is 0 Å². The SMILES string of the molecule is CC(C)=CCc1c(O)cc2occ(-c3ccc(C)cc3O)c(=O)c2c1O. The zero-order valence-electron chi connectivity index (χ0n) is 14.8. The Morgan fingerprint density at radius 2 is 1.81 bits per heavy atom. The van der Waals surface area contributed by atoms with Gasteiger partial charge in [0.05, 0.1) is 5.56 Å². The third kappa shape index (κ3) is 3.04. The van der Waals surface area contributed by atoms with Gasteiger partial charge >= 0.3 is 0 Å². The van der Waals surface area contributed by atoms with E-state index < -0.39 is 5.43 Å². The molecule has 2 aromatic carbocycles. The van der Waals surface area contributed by atoms with Crippen molar-refractivity contribution in [2.75, 3.05) is 0 Å². The maximum absolute atomic E-state index is 13.0. The van der Waals surface area contributed by atoms with Crippen LogP contribution in [0.5, 0.6) is 17.2 Å². The van der Waals surface area contributed by atoms with Gasteiger partial charge in [0.15, 0.2) is 0 Å². The summed E-state index contributed by atoms with van der Waals surface area (Å²) in [6.45, 7) is 5.64. The maximum Gasteiger partial charge on any atom is 0.204 e. The lowest BCUT2D eigenvalue weighted by Crippen LogP contribution is -2.06. The van der Waals surface area contributed by atoms with Crippen molar-refractivity contribution >= 4 is 11.0 Å². The second-order valence-corrected chi connectivity index (χ2v) is 6.58. The van der Waals surface area contributed by atoms with Crippen molar-refractivity contribution in [3.8, 4) is 28.4 Å². The number of phenolic OH excluding ortho intramolecular Hbond substituents is 3. The van der Waals surface area contributed by atoms with Crippen molar-refractivity contribution in [2.24, 2.45) is 0 Å². The Bertz CT molecular complexity index is 1090. The van der Waals surface area contributed by atoms with Crippen LogP contribution in [0.1, 0.15) is 25.0 Å². The quantitative estimate of drug-likeness (QED) is 0.608. The van der Waals surface area contributed by atoms with E-state index in [1.807, 2.05) is 26.8 Å². The molecular formula is C21H20O5. The molecular weight excluding hydrogens is 332 g/mol. The topological polar surface area (TPSA) is 90.9 Å². The summed E-state index contributed by atoms with van der Waals surface area (Å²) in [5.74, 6) is -0.485. The predicted octanol–water partition coefficient (Wildman–Crippen LogP) is 4.39. The number of hydrogen-bond acceptors (Lipinski definition) is 5. The second kappa shape index (κ2) is 6.59. The van der Waals surface area contributed by atoms with Crippen molar-refractivity contribution in [1.29, 1.82) is 0 Å². The third-order valence-corrected chi connectivity index (χ3v) is 4.28. The Morgan fingerprint density at radius 1 is 1.08 bits per heavy atom. The van der Waals surface area contributed by atoms with Crippen molar-refractivity contribution in [3.63, 3.8) is 0 Å². The first-order chi connectivity index (χ1) is 12.3. The monoisotopic (exact) mass is 352 g/mol. The minimum atomic E-state index is -0.471. The van der Waals surface area contributed by atoms with Gasteiger partial charge in [0, 0.05) is 17.2 Å². The van der Waals surface area contributed by atoms with Crippen LogP contribution in [0.3, 0.4) is 0 Å². The number of aromatic hydroxyl groups is 3. The second-order valence-electron chi connectivity index (χ2n) is 6.58. The fourth-order valence-electron chi connectivity index (χ4n) is 2.86. The Labute approximate surface area is 150 Å². The Balaban J connectivity index is 2.28. The highest BCUT2D eigenvalue weighted by Gasteiger charge is 2.19. The van der Waals surface area contributed by atoms with Gasteiger partial charge < -0.3 is 19.7 Å². The van der Waals surface area contributed by atoms with Gasteiger partial charge in [0.2, 0.25) is 5.43 Å². The molecule has 0 amide bonds. The Hall–Kier alpha value is -3.21. The fraction of sp³-hybridized carbons (Fsp3) is 0.190. The van der Waals surface area contributed by atoms with Gasteiger partial charge in [0.25, 0.3) is 0 Å². The first kappa shape index (κ1) is 17.6. The smallest absolute Gasteiger partial charge is 0.204 e. The number of hydrogen-bond donors (Lipinski definition) is 3. The van der Waals surface area contributed by atoms with E-state index in [4.69, 9.17) is 4.42 Å². The van der Waals surface area contributed by atoms with E-state index in [1.165, 1.54) is 12.3 Å². The van der Waals surface area contributed by atoms with E-state index in [0.717, 1.165) is 11.1 Å². The van der Waals surface area contributed by atoms with Crippen molar-refractivity contribution < 1.29 is 19.7 Å². The van der Waals surface area contributed by atoms with Crippen LogP contribution < -0.4 is 5.43 Å². The zero-order valence-corrected chi connectivity index (χ0v) is 14.8. The van der Waals surface area contributed by atoms with Crippen LogP contribution in [0.4, 0.5) is 0 Å². The molecule has 0 radical (unpaired) electrons. The predicted molar refractivity (Wildman–Crippen MR) is 101 cm³/mol. The molecule has 0 atom stereocenters. The summed E-state index contributed by atoms with van der Waals surface area (Å²) in [5.41, 5.74) is 2.22. The summed E-state index contributed by atoms with van der Waals surface area (Å²) in [4.78, 5) is 13.0. The molecule has 0 aliphatic rings. The Morgan fingerprint density at radius 3 is 2.46 bits per heavy atom. The molecule has 134 valence electrons. The summed E-state index contributed by atoms with van der Waals surface area (Å²) >= 11 is 0. The molecule has 3 aromatic rings. The molecule has 0 bridgehead atoms. The van der Waals surface area contributed by atoms with E-state index in [1.54, 1.807) is 18.2 Å². The highest BCUT2D eigenvalue weighted by atomic mass is 16.3. The molecule has 0 saturated heterocycles. The fourth-order valence-corrected chi connectivity index (χ4v) is 2.86. The molecule has 3 rings (SSSR count). The molecule has 5 heteroatoms. The number of fused-ring (bicyclic) bond motifs is 1. The van der Waals surface area contributed by atoms with Gasteiger partial charge in [0.1, 0.15) is 34.5 Å². The zero-order chi connectivity index (χ0) is 19.0. The highest BCUT2D eigenvalue weighted by Crippen LogP contribution is 2.37. The van der Waals surface area contributed by atoms with Gasteiger partial charge in [-0.1, -0.05) is 23.8 Å². The molecule has 0 saturated carbocycles. The van der Waals surface area contributed by atoms with Gasteiger partial charge in [-0.25, -0.2) is 0 Å². The van der Waals surface area contributed by atoms with Gasteiger partial charge in [-0.3, -0.25) is 4.79 Å². The lowest BCUT2D eigenvalue weighted by atomic mass is 10.00.